The molecule has 72 valence electrons. The van der Waals surface area contributed by atoms with Crippen LogP contribution < -0.4 is 0 Å². The minimum atomic E-state index is -1.82. The number of hydrogen-bond acceptors (Lipinski definition) is 6. The highest BCUT2D eigenvalue weighted by molar-refractivity contribution is 4.72. The molecule has 2 unspecified atom stereocenters. The van der Waals surface area contributed by atoms with Crippen molar-refractivity contribution in [1.29, 1.82) is 0 Å². The van der Waals surface area contributed by atoms with Crippen molar-refractivity contribution in [3.8, 4) is 0 Å². The predicted octanol–water partition coefficient (Wildman–Crippen LogP) is -1.99. The monoisotopic (exact) mass is 180 g/mol. The topological polar surface area (TPSA) is 88.4 Å². The molecule has 12 heavy (non-hydrogen) atoms. The summed E-state index contributed by atoms with van der Waals surface area (Å²) >= 11 is 0. The zero-order valence-corrected chi connectivity index (χ0v) is 6.69. The summed E-state index contributed by atoms with van der Waals surface area (Å²) in [6.45, 7) is -1.28. The molecule has 0 spiro atoms. The summed E-state index contributed by atoms with van der Waals surface area (Å²) in [5.74, 6) is -3.55. The van der Waals surface area contributed by atoms with Gasteiger partial charge in [0, 0.05) is 7.11 Å². The Balaban J connectivity index is 2.49. The highest BCUT2D eigenvalue weighted by Gasteiger charge is 2.42. The van der Waals surface area contributed by atoms with Crippen LogP contribution in [0.4, 0.5) is 0 Å². The predicted molar refractivity (Wildman–Crippen MR) is 35.9 cm³/mol. The first kappa shape index (κ1) is 9.85. The summed E-state index contributed by atoms with van der Waals surface area (Å²) in [6, 6.07) is 0. The molecule has 6 heteroatoms. The Bertz CT molecular complexity index is 132. The summed E-state index contributed by atoms with van der Waals surface area (Å²) < 4.78 is 14.0. The van der Waals surface area contributed by atoms with E-state index in [9.17, 15) is 10.2 Å². The summed E-state index contributed by atoms with van der Waals surface area (Å²) in [5, 5.41) is 27.1. The molecule has 1 saturated heterocycles. The largest absolute Gasteiger partial charge is 0.391 e. The molecule has 6 nitrogen and oxygen atoms in total. The highest BCUT2D eigenvalue weighted by atomic mass is 16.9. The van der Waals surface area contributed by atoms with Crippen LogP contribution in [0.3, 0.4) is 0 Å². The molecule has 1 rings (SSSR count). The van der Waals surface area contributed by atoms with Gasteiger partial charge >= 0.3 is 5.97 Å². The van der Waals surface area contributed by atoms with Crippen LogP contribution in [0.2, 0.25) is 0 Å². The van der Waals surface area contributed by atoms with E-state index in [0.717, 1.165) is 0 Å². The lowest BCUT2D eigenvalue weighted by atomic mass is 10.3. The number of ether oxygens (including phenoxy) is 3. The minimum absolute atomic E-state index is 0.339. The van der Waals surface area contributed by atoms with E-state index in [1.165, 1.54) is 7.11 Å². The third-order valence-corrected chi connectivity index (χ3v) is 1.61. The van der Waals surface area contributed by atoms with Crippen molar-refractivity contribution in [3.63, 3.8) is 0 Å². The van der Waals surface area contributed by atoms with Crippen molar-refractivity contribution >= 4 is 0 Å². The van der Waals surface area contributed by atoms with E-state index in [2.05, 4.69) is 4.74 Å². The zero-order valence-electron chi connectivity index (χ0n) is 6.69. The van der Waals surface area contributed by atoms with Gasteiger partial charge in [-0.15, -0.1) is 0 Å². The smallest absolute Gasteiger partial charge is 0.305 e. The Hall–Kier alpha value is -0.240. The van der Waals surface area contributed by atoms with E-state index >= 15 is 0 Å². The molecule has 0 amide bonds. The SMILES string of the molecule is COC1(O)COC(O)(CO)CO1. The Labute approximate surface area is 69.3 Å². The summed E-state index contributed by atoms with van der Waals surface area (Å²) in [6.07, 6.45) is 0. The molecular formula is C6H12O6. The van der Waals surface area contributed by atoms with Gasteiger partial charge in [0.05, 0.1) is 6.61 Å². The Morgan fingerprint density at radius 1 is 1.33 bits per heavy atom. The van der Waals surface area contributed by atoms with Gasteiger partial charge in [-0.05, 0) is 0 Å². The number of rotatable bonds is 2. The van der Waals surface area contributed by atoms with Gasteiger partial charge < -0.3 is 29.5 Å². The van der Waals surface area contributed by atoms with Crippen LogP contribution in [0.25, 0.3) is 0 Å². The highest BCUT2D eigenvalue weighted by Crippen LogP contribution is 2.21. The molecule has 1 fully saturated rings. The van der Waals surface area contributed by atoms with Gasteiger partial charge in [0.2, 0.25) is 5.79 Å². The Kier molecular flexibility index (Phi) is 2.67. The van der Waals surface area contributed by atoms with Crippen molar-refractivity contribution in [3.05, 3.63) is 0 Å². The molecule has 0 aromatic heterocycles. The first-order valence-corrected chi connectivity index (χ1v) is 3.42. The van der Waals surface area contributed by atoms with Crippen LogP contribution >= 0.6 is 0 Å². The number of aliphatic hydroxyl groups is 3. The van der Waals surface area contributed by atoms with E-state index in [0.29, 0.717) is 0 Å². The lowest BCUT2D eigenvalue weighted by molar-refractivity contribution is -0.443. The maximum absolute atomic E-state index is 9.25. The molecule has 0 aromatic carbocycles. The maximum Gasteiger partial charge on any atom is 0.305 e. The summed E-state index contributed by atoms with van der Waals surface area (Å²) in [5.41, 5.74) is 0. The molecule has 0 bridgehead atoms. The molecule has 0 aliphatic carbocycles. The molecule has 1 heterocycles. The second kappa shape index (κ2) is 3.25. The zero-order chi connectivity index (χ0) is 9.24. The van der Waals surface area contributed by atoms with Crippen molar-refractivity contribution in [1.82, 2.24) is 0 Å². The van der Waals surface area contributed by atoms with Crippen LogP contribution in [-0.4, -0.2) is 54.0 Å². The lowest BCUT2D eigenvalue weighted by Crippen LogP contribution is -2.56. The van der Waals surface area contributed by atoms with E-state index in [1.54, 1.807) is 0 Å². The molecule has 3 N–H and O–H groups in total. The quantitative estimate of drug-likeness (QED) is 0.426. The number of hydrogen-bond donors (Lipinski definition) is 3. The molecule has 0 saturated carbocycles. The van der Waals surface area contributed by atoms with Gasteiger partial charge in [-0.2, -0.15) is 0 Å². The van der Waals surface area contributed by atoms with Gasteiger partial charge in [0.1, 0.15) is 13.2 Å². The molecule has 0 radical (unpaired) electrons. The van der Waals surface area contributed by atoms with Gasteiger partial charge in [0.25, 0.3) is 0 Å². The van der Waals surface area contributed by atoms with Crippen LogP contribution in [0, 0.1) is 0 Å². The third-order valence-electron chi connectivity index (χ3n) is 1.61. The second-order valence-electron chi connectivity index (χ2n) is 2.60. The van der Waals surface area contributed by atoms with E-state index in [4.69, 9.17) is 14.6 Å². The van der Waals surface area contributed by atoms with E-state index < -0.39 is 18.4 Å². The van der Waals surface area contributed by atoms with E-state index in [-0.39, 0.29) is 13.2 Å². The second-order valence-corrected chi connectivity index (χ2v) is 2.60. The lowest BCUT2D eigenvalue weighted by Gasteiger charge is -2.38. The molecular weight excluding hydrogens is 168 g/mol. The van der Waals surface area contributed by atoms with Gasteiger partial charge in [-0.3, -0.25) is 0 Å². The summed E-state index contributed by atoms with van der Waals surface area (Å²) in [4.78, 5) is 0. The third kappa shape index (κ3) is 1.92. The average Bonchev–Trinajstić information content (AvgIpc) is 2.11. The minimum Gasteiger partial charge on any atom is -0.391 e. The molecule has 0 aromatic rings. The van der Waals surface area contributed by atoms with Crippen molar-refractivity contribution < 1.29 is 29.5 Å². The average molecular weight is 180 g/mol. The Morgan fingerprint density at radius 2 is 2.00 bits per heavy atom. The van der Waals surface area contributed by atoms with Crippen LogP contribution in [0.15, 0.2) is 0 Å². The standard InChI is InChI=1S/C6H12O6/c1-10-6(9)4-11-5(8,2-7)3-12-6/h7-9H,2-4H2,1H3. The fraction of sp³-hybridized carbons (Fsp3) is 1.00. The van der Waals surface area contributed by atoms with E-state index in [1.807, 2.05) is 0 Å². The first-order chi connectivity index (χ1) is 5.54. The maximum atomic E-state index is 9.25. The van der Waals surface area contributed by atoms with Crippen molar-refractivity contribution in [2.75, 3.05) is 26.9 Å². The van der Waals surface area contributed by atoms with Gasteiger partial charge in [-0.25, -0.2) is 0 Å². The van der Waals surface area contributed by atoms with Gasteiger partial charge in [-0.1, -0.05) is 0 Å². The molecule has 1 aliphatic heterocycles. The number of aliphatic hydroxyl groups excluding tert-OH is 1. The van der Waals surface area contributed by atoms with Gasteiger partial charge in [0.15, 0.2) is 0 Å². The Morgan fingerprint density at radius 3 is 2.33 bits per heavy atom. The fourth-order valence-electron chi connectivity index (χ4n) is 0.744. The summed E-state index contributed by atoms with van der Waals surface area (Å²) in [7, 11) is 1.24. The van der Waals surface area contributed by atoms with Crippen LogP contribution in [0.1, 0.15) is 0 Å². The van der Waals surface area contributed by atoms with Crippen molar-refractivity contribution in [2.45, 2.75) is 11.8 Å². The number of methoxy groups -OCH3 is 1. The van der Waals surface area contributed by atoms with Crippen molar-refractivity contribution in [2.24, 2.45) is 0 Å². The normalized spacial score (nSPS) is 43.0. The first-order valence-electron chi connectivity index (χ1n) is 3.42. The van der Waals surface area contributed by atoms with Crippen LogP contribution in [0.5, 0.6) is 0 Å². The fourth-order valence-corrected chi connectivity index (χ4v) is 0.744. The van der Waals surface area contributed by atoms with Crippen LogP contribution in [-0.2, 0) is 14.2 Å². The molecule has 1 aliphatic rings. The molecule has 2 atom stereocenters.